The maximum atomic E-state index is 15.0. The number of benzene rings is 2. The van der Waals surface area contributed by atoms with E-state index in [0.29, 0.717) is 42.6 Å². The lowest BCUT2D eigenvalue weighted by Crippen LogP contribution is -2.52. The molecule has 0 spiro atoms. The van der Waals surface area contributed by atoms with E-state index in [1.807, 2.05) is 11.8 Å². The third kappa shape index (κ3) is 8.24. The van der Waals surface area contributed by atoms with Gasteiger partial charge in [-0.3, -0.25) is 14.5 Å². The first-order valence-corrected chi connectivity index (χ1v) is 14.6. The van der Waals surface area contributed by atoms with Crippen molar-refractivity contribution in [1.82, 2.24) is 15.5 Å². The Hall–Kier alpha value is -2.61. The normalized spacial score (nSPS) is 20.1. The van der Waals surface area contributed by atoms with Crippen LogP contribution in [0.1, 0.15) is 29.3 Å². The zero-order chi connectivity index (χ0) is 29.7. The predicted octanol–water partition coefficient (Wildman–Crippen LogP) is 4.65. The highest BCUT2D eigenvalue weighted by molar-refractivity contribution is 8.00. The summed E-state index contributed by atoms with van der Waals surface area (Å²) in [7, 11) is 0. The van der Waals surface area contributed by atoms with E-state index in [1.165, 1.54) is 30.0 Å². The van der Waals surface area contributed by atoms with Crippen LogP contribution in [0.5, 0.6) is 0 Å². The van der Waals surface area contributed by atoms with Gasteiger partial charge in [0.05, 0.1) is 28.6 Å². The highest BCUT2D eigenvalue weighted by Gasteiger charge is 2.31. The zero-order valence-electron chi connectivity index (χ0n) is 22.3. The fraction of sp³-hybridized carbons (Fsp3) is 0.481. The molecule has 2 amide bonds. The molecule has 2 aliphatic heterocycles. The first-order chi connectivity index (χ1) is 19.4. The summed E-state index contributed by atoms with van der Waals surface area (Å²) >= 11 is 7.70. The number of alkyl halides is 3. The minimum absolute atomic E-state index is 0.0921. The van der Waals surface area contributed by atoms with Crippen LogP contribution >= 0.6 is 23.4 Å². The molecule has 2 atom stereocenters. The van der Waals surface area contributed by atoms with Crippen LogP contribution in [0.2, 0.25) is 5.02 Å². The fourth-order valence-electron chi connectivity index (χ4n) is 4.85. The average molecular weight is 620 g/mol. The van der Waals surface area contributed by atoms with Crippen LogP contribution in [0.4, 0.5) is 33.3 Å². The topological polar surface area (TPSA) is 76.7 Å². The average Bonchev–Trinajstić information content (AvgIpc) is 2.93. The quantitative estimate of drug-likeness (QED) is 0.374. The van der Waals surface area contributed by atoms with E-state index in [4.69, 9.17) is 11.6 Å². The van der Waals surface area contributed by atoms with Crippen molar-refractivity contribution in [1.29, 1.82) is 0 Å². The summed E-state index contributed by atoms with van der Waals surface area (Å²) in [5.41, 5.74) is 0.204. The molecule has 2 aromatic carbocycles. The van der Waals surface area contributed by atoms with Crippen molar-refractivity contribution in [2.45, 2.75) is 37.4 Å². The number of nitrogens with one attached hydrogen (secondary N) is 3. The van der Waals surface area contributed by atoms with Crippen LogP contribution in [0.15, 0.2) is 30.3 Å². The summed E-state index contributed by atoms with van der Waals surface area (Å²) in [5, 5.41) is 8.39. The van der Waals surface area contributed by atoms with Crippen molar-refractivity contribution in [2.75, 3.05) is 55.2 Å². The highest BCUT2D eigenvalue weighted by Crippen LogP contribution is 2.33. The van der Waals surface area contributed by atoms with Crippen molar-refractivity contribution < 1.29 is 31.5 Å². The predicted molar refractivity (Wildman–Crippen MR) is 151 cm³/mol. The van der Waals surface area contributed by atoms with Crippen molar-refractivity contribution in [3.63, 3.8) is 0 Å². The summed E-state index contributed by atoms with van der Waals surface area (Å²) in [6, 6.07) is 6.89. The number of halogens is 6. The Labute approximate surface area is 244 Å². The first kappa shape index (κ1) is 31.3. The van der Waals surface area contributed by atoms with Gasteiger partial charge in [-0.15, -0.1) is 11.8 Å². The molecule has 0 saturated carbocycles. The Morgan fingerprint density at radius 1 is 1.15 bits per heavy atom. The van der Waals surface area contributed by atoms with E-state index in [-0.39, 0.29) is 35.9 Å². The lowest BCUT2D eigenvalue weighted by molar-refractivity contribution is -0.138. The number of amides is 2. The lowest BCUT2D eigenvalue weighted by Gasteiger charge is -2.42. The highest BCUT2D eigenvalue weighted by atomic mass is 35.5. The molecular formula is C27H31ClF5N5O2S. The number of piperazine rings is 1. The third-order valence-corrected chi connectivity index (χ3v) is 8.48. The van der Waals surface area contributed by atoms with Gasteiger partial charge in [-0.2, -0.15) is 13.2 Å². The van der Waals surface area contributed by atoms with Gasteiger partial charge in [0.1, 0.15) is 0 Å². The third-order valence-electron chi connectivity index (χ3n) is 7.02. The molecule has 0 unspecified atom stereocenters. The molecule has 2 fully saturated rings. The molecular weight excluding hydrogens is 589 g/mol. The van der Waals surface area contributed by atoms with Crippen LogP contribution in [-0.4, -0.2) is 79.2 Å². The van der Waals surface area contributed by atoms with E-state index in [1.54, 1.807) is 11.0 Å². The molecule has 7 nitrogen and oxygen atoms in total. The second kappa shape index (κ2) is 13.6. The monoisotopic (exact) mass is 619 g/mol. The first-order valence-electron chi connectivity index (χ1n) is 13.2. The largest absolute Gasteiger partial charge is 0.390 e. The molecule has 0 bridgehead atoms. The number of thioether (sulfide) groups is 1. The Kier molecular flexibility index (Phi) is 10.4. The van der Waals surface area contributed by atoms with Crippen molar-refractivity contribution in [3.8, 4) is 0 Å². The van der Waals surface area contributed by atoms with Crippen LogP contribution in [0, 0.1) is 11.6 Å². The van der Waals surface area contributed by atoms with Crippen molar-refractivity contribution in [2.24, 2.45) is 0 Å². The second-order valence-corrected chi connectivity index (χ2v) is 11.8. The molecule has 2 saturated heterocycles. The van der Waals surface area contributed by atoms with E-state index >= 15 is 0 Å². The van der Waals surface area contributed by atoms with Gasteiger partial charge in [0, 0.05) is 68.2 Å². The van der Waals surface area contributed by atoms with Gasteiger partial charge in [0.2, 0.25) is 5.91 Å². The number of anilines is 2. The number of carbonyl (C=O) groups excluding carboxylic acids is 2. The fourth-order valence-corrected chi connectivity index (χ4v) is 6.03. The van der Waals surface area contributed by atoms with Gasteiger partial charge in [0.15, 0.2) is 11.6 Å². The van der Waals surface area contributed by atoms with Gasteiger partial charge >= 0.3 is 6.18 Å². The van der Waals surface area contributed by atoms with Crippen LogP contribution in [0.25, 0.3) is 0 Å². The molecule has 2 aliphatic rings. The maximum Gasteiger partial charge on any atom is 0.390 e. The minimum Gasteiger partial charge on any atom is -0.365 e. The summed E-state index contributed by atoms with van der Waals surface area (Å²) in [6.45, 7) is 3.92. The minimum atomic E-state index is -4.24. The van der Waals surface area contributed by atoms with Gasteiger partial charge in [-0.25, -0.2) is 8.78 Å². The summed E-state index contributed by atoms with van der Waals surface area (Å²) < 4.78 is 67.9. The molecule has 14 heteroatoms. The van der Waals surface area contributed by atoms with Gasteiger partial charge in [-0.05, 0) is 31.2 Å². The molecule has 41 heavy (non-hydrogen) atoms. The Bertz CT molecular complexity index is 1260. The molecule has 2 aromatic rings. The number of carbonyl (C=O) groups is 2. The molecule has 2 heterocycles. The van der Waals surface area contributed by atoms with Crippen LogP contribution in [0.3, 0.4) is 0 Å². The smallest absolute Gasteiger partial charge is 0.365 e. The van der Waals surface area contributed by atoms with Gasteiger partial charge in [-0.1, -0.05) is 17.7 Å². The van der Waals surface area contributed by atoms with Crippen LogP contribution < -0.4 is 20.9 Å². The van der Waals surface area contributed by atoms with E-state index in [2.05, 4.69) is 16.0 Å². The summed E-state index contributed by atoms with van der Waals surface area (Å²) in [5.74, 6) is -2.97. The summed E-state index contributed by atoms with van der Waals surface area (Å²) in [6.07, 6.45) is -5.14. The zero-order valence-corrected chi connectivity index (χ0v) is 23.9. The molecule has 0 radical (unpaired) electrons. The molecule has 4 rings (SSSR count). The van der Waals surface area contributed by atoms with Gasteiger partial charge < -0.3 is 20.9 Å². The van der Waals surface area contributed by atoms with Crippen LogP contribution in [-0.2, 0) is 11.3 Å². The molecule has 0 aliphatic carbocycles. The SMILES string of the molecule is C[C@@H]1CN(CCC(F)(F)F)CCN1c1cc(Cl)ccc1NC(=O)c1ccc(CNC(=O)[C@@H]2CNCCS2)c(F)c1F. The number of nitrogens with zero attached hydrogens (tertiary/aromatic N) is 2. The van der Waals surface area contributed by atoms with E-state index in [0.717, 1.165) is 18.4 Å². The second-order valence-electron chi connectivity index (χ2n) is 10.0. The van der Waals surface area contributed by atoms with E-state index < -0.39 is 35.7 Å². The summed E-state index contributed by atoms with van der Waals surface area (Å²) in [4.78, 5) is 29.0. The number of hydrogen-bond donors (Lipinski definition) is 3. The molecule has 224 valence electrons. The molecule has 0 aromatic heterocycles. The van der Waals surface area contributed by atoms with Gasteiger partial charge in [0.25, 0.3) is 5.91 Å². The maximum absolute atomic E-state index is 15.0. The number of rotatable bonds is 8. The standard InChI is InChI=1S/C27H31ClF5N5O2S/c1-16-15-37(8-6-27(31,32)33)9-10-38(16)21-12-18(28)3-5-20(21)36-25(39)19-4-2-17(23(29)24(19)30)13-35-26(40)22-14-34-7-11-41-22/h2-5,12,16,22,34H,6-11,13-15H2,1H3,(H,35,40)(H,36,39)/t16-,22+/m1/s1. The van der Waals surface area contributed by atoms with E-state index in [9.17, 15) is 31.5 Å². The molecule has 3 N–H and O–H groups in total. The lowest BCUT2D eigenvalue weighted by atomic mass is 10.1. The van der Waals surface area contributed by atoms with Crippen molar-refractivity contribution >= 4 is 46.6 Å². The Morgan fingerprint density at radius 3 is 2.61 bits per heavy atom. The Balaban J connectivity index is 1.43. The van der Waals surface area contributed by atoms with Crippen molar-refractivity contribution in [3.05, 3.63) is 58.1 Å². The Morgan fingerprint density at radius 2 is 1.93 bits per heavy atom. The number of hydrogen-bond acceptors (Lipinski definition) is 6.